The predicted octanol–water partition coefficient (Wildman–Crippen LogP) is 0.727. The molecule has 108 valence electrons. The SMILES string of the molecule is COc1ccc(C#CCO)cc1S(=O)(=O)NCC1CC1. The van der Waals surface area contributed by atoms with Crippen LogP contribution in [0.5, 0.6) is 5.75 Å². The first-order valence-corrected chi connectivity index (χ1v) is 7.82. The van der Waals surface area contributed by atoms with Gasteiger partial charge in [0.25, 0.3) is 0 Å². The first-order chi connectivity index (χ1) is 9.56. The molecule has 0 spiro atoms. The quantitative estimate of drug-likeness (QED) is 0.785. The van der Waals surface area contributed by atoms with Crippen molar-refractivity contribution in [3.05, 3.63) is 23.8 Å². The molecule has 20 heavy (non-hydrogen) atoms. The molecule has 1 aromatic carbocycles. The molecule has 0 unspecified atom stereocenters. The molecular weight excluding hydrogens is 278 g/mol. The minimum absolute atomic E-state index is 0.0744. The average Bonchev–Trinajstić information content (AvgIpc) is 3.27. The van der Waals surface area contributed by atoms with E-state index in [2.05, 4.69) is 16.6 Å². The van der Waals surface area contributed by atoms with Crippen molar-refractivity contribution in [3.63, 3.8) is 0 Å². The van der Waals surface area contributed by atoms with Crippen molar-refractivity contribution in [2.75, 3.05) is 20.3 Å². The van der Waals surface area contributed by atoms with E-state index in [0.717, 1.165) is 12.8 Å². The minimum Gasteiger partial charge on any atom is -0.495 e. The van der Waals surface area contributed by atoms with Gasteiger partial charge < -0.3 is 9.84 Å². The van der Waals surface area contributed by atoms with Crippen LogP contribution in [-0.4, -0.2) is 33.8 Å². The highest BCUT2D eigenvalue weighted by atomic mass is 32.2. The van der Waals surface area contributed by atoms with E-state index in [4.69, 9.17) is 9.84 Å². The fourth-order valence-corrected chi connectivity index (χ4v) is 3.04. The average molecular weight is 295 g/mol. The summed E-state index contributed by atoms with van der Waals surface area (Å²) in [6.07, 6.45) is 2.14. The zero-order chi connectivity index (χ0) is 14.6. The van der Waals surface area contributed by atoms with Crippen LogP contribution in [0.3, 0.4) is 0 Å². The van der Waals surface area contributed by atoms with Gasteiger partial charge in [0.15, 0.2) is 0 Å². The molecule has 2 rings (SSSR count). The molecule has 1 aliphatic rings. The highest BCUT2D eigenvalue weighted by molar-refractivity contribution is 7.89. The van der Waals surface area contributed by atoms with Crippen LogP contribution < -0.4 is 9.46 Å². The van der Waals surface area contributed by atoms with Gasteiger partial charge in [0.05, 0.1) is 7.11 Å². The summed E-state index contributed by atoms with van der Waals surface area (Å²) < 4.78 is 32.2. The third kappa shape index (κ3) is 3.73. The summed E-state index contributed by atoms with van der Waals surface area (Å²) in [6.45, 7) is 0.187. The second-order valence-corrected chi connectivity index (χ2v) is 6.36. The maximum absolute atomic E-state index is 12.3. The molecular formula is C14H17NO4S. The summed E-state index contributed by atoms with van der Waals surface area (Å²) in [5.41, 5.74) is 0.520. The molecule has 1 saturated carbocycles. The van der Waals surface area contributed by atoms with E-state index >= 15 is 0 Å². The van der Waals surface area contributed by atoms with E-state index in [9.17, 15) is 8.42 Å². The number of sulfonamides is 1. The Labute approximate surface area is 119 Å². The number of aliphatic hydroxyl groups excluding tert-OH is 1. The third-order valence-corrected chi connectivity index (χ3v) is 4.47. The summed E-state index contributed by atoms with van der Waals surface area (Å²) in [5, 5.41) is 8.68. The Morgan fingerprint density at radius 2 is 2.20 bits per heavy atom. The largest absolute Gasteiger partial charge is 0.495 e. The van der Waals surface area contributed by atoms with Crippen LogP contribution in [0.25, 0.3) is 0 Å². The van der Waals surface area contributed by atoms with E-state index in [1.807, 2.05) is 0 Å². The standard InChI is InChI=1S/C14H17NO4S/c1-19-13-7-6-11(3-2-8-16)9-14(13)20(17,18)15-10-12-4-5-12/h6-7,9,12,15-16H,4-5,8,10H2,1H3. The highest BCUT2D eigenvalue weighted by Crippen LogP contribution is 2.29. The van der Waals surface area contributed by atoms with E-state index in [1.54, 1.807) is 12.1 Å². The molecule has 2 N–H and O–H groups in total. The number of rotatable bonds is 5. The minimum atomic E-state index is -3.61. The number of nitrogens with one attached hydrogen (secondary N) is 1. The Morgan fingerprint density at radius 1 is 1.45 bits per heavy atom. The number of ether oxygens (including phenoxy) is 1. The van der Waals surface area contributed by atoms with Gasteiger partial charge in [-0.25, -0.2) is 13.1 Å². The van der Waals surface area contributed by atoms with E-state index < -0.39 is 10.0 Å². The Hall–Kier alpha value is -1.55. The Morgan fingerprint density at radius 3 is 2.80 bits per heavy atom. The Bertz CT molecular complexity index is 639. The second kappa shape index (κ2) is 6.27. The fraction of sp³-hybridized carbons (Fsp3) is 0.429. The van der Waals surface area contributed by atoms with Gasteiger partial charge in [-0.3, -0.25) is 0 Å². The van der Waals surface area contributed by atoms with Crippen LogP contribution in [0.15, 0.2) is 23.1 Å². The molecule has 0 radical (unpaired) electrons. The topological polar surface area (TPSA) is 75.6 Å². The molecule has 1 aromatic rings. The number of methoxy groups -OCH3 is 1. The molecule has 5 nitrogen and oxygen atoms in total. The molecule has 0 amide bonds. The van der Waals surface area contributed by atoms with Crippen LogP contribution in [0.4, 0.5) is 0 Å². The maximum atomic E-state index is 12.3. The number of hydrogen-bond donors (Lipinski definition) is 2. The third-order valence-electron chi connectivity index (χ3n) is 3.02. The van der Waals surface area contributed by atoms with Gasteiger partial charge in [0, 0.05) is 12.1 Å². The molecule has 0 aromatic heterocycles. The van der Waals surface area contributed by atoms with Crippen molar-refractivity contribution in [1.82, 2.24) is 4.72 Å². The molecule has 0 aliphatic heterocycles. The smallest absolute Gasteiger partial charge is 0.244 e. The first kappa shape index (κ1) is 14.9. The lowest BCUT2D eigenvalue weighted by Crippen LogP contribution is -2.26. The monoisotopic (exact) mass is 295 g/mol. The Kier molecular flexibility index (Phi) is 4.65. The van der Waals surface area contributed by atoms with Gasteiger partial charge in [-0.15, -0.1) is 0 Å². The molecule has 6 heteroatoms. The molecule has 0 saturated heterocycles. The van der Waals surface area contributed by atoms with Gasteiger partial charge in [0.2, 0.25) is 10.0 Å². The van der Waals surface area contributed by atoms with E-state index in [-0.39, 0.29) is 17.3 Å². The highest BCUT2D eigenvalue weighted by Gasteiger charge is 2.26. The Balaban J connectivity index is 2.30. The number of aliphatic hydroxyl groups is 1. The lowest BCUT2D eigenvalue weighted by atomic mass is 10.2. The zero-order valence-corrected chi connectivity index (χ0v) is 12.0. The van der Waals surface area contributed by atoms with Crippen molar-refractivity contribution in [3.8, 4) is 17.6 Å². The van der Waals surface area contributed by atoms with Crippen LogP contribution in [0.2, 0.25) is 0 Å². The predicted molar refractivity (Wildman–Crippen MR) is 74.9 cm³/mol. The first-order valence-electron chi connectivity index (χ1n) is 6.34. The van der Waals surface area contributed by atoms with Crippen LogP contribution in [0, 0.1) is 17.8 Å². The van der Waals surface area contributed by atoms with Gasteiger partial charge in [-0.1, -0.05) is 11.8 Å². The number of benzene rings is 1. The summed E-state index contributed by atoms with van der Waals surface area (Å²) in [5.74, 6) is 5.91. The lowest BCUT2D eigenvalue weighted by Gasteiger charge is -2.11. The van der Waals surface area contributed by atoms with Crippen molar-refractivity contribution < 1.29 is 18.3 Å². The number of hydrogen-bond acceptors (Lipinski definition) is 4. The van der Waals surface area contributed by atoms with Gasteiger partial charge >= 0.3 is 0 Å². The van der Waals surface area contributed by atoms with Gasteiger partial charge in [-0.05, 0) is 37.0 Å². The van der Waals surface area contributed by atoms with Gasteiger partial charge in [-0.2, -0.15) is 0 Å². The van der Waals surface area contributed by atoms with Gasteiger partial charge in [0.1, 0.15) is 17.3 Å². The molecule has 1 fully saturated rings. The summed E-state index contributed by atoms with van der Waals surface area (Å²) in [4.78, 5) is 0.0744. The summed E-state index contributed by atoms with van der Waals surface area (Å²) in [7, 11) is -2.19. The van der Waals surface area contributed by atoms with Crippen LogP contribution >= 0.6 is 0 Å². The molecule has 0 bridgehead atoms. The van der Waals surface area contributed by atoms with E-state index in [0.29, 0.717) is 18.0 Å². The molecule has 0 heterocycles. The zero-order valence-electron chi connectivity index (χ0n) is 11.2. The van der Waals surface area contributed by atoms with E-state index in [1.165, 1.54) is 13.2 Å². The van der Waals surface area contributed by atoms with Crippen molar-refractivity contribution in [2.45, 2.75) is 17.7 Å². The summed E-state index contributed by atoms with van der Waals surface area (Å²) >= 11 is 0. The fourth-order valence-electron chi connectivity index (χ4n) is 1.73. The molecule has 0 atom stereocenters. The van der Waals surface area contributed by atoms with Crippen molar-refractivity contribution >= 4 is 10.0 Å². The lowest BCUT2D eigenvalue weighted by molar-refractivity contribution is 0.350. The van der Waals surface area contributed by atoms with Crippen LogP contribution in [-0.2, 0) is 10.0 Å². The summed E-state index contributed by atoms with van der Waals surface area (Å²) in [6, 6.07) is 4.67. The normalized spacial score (nSPS) is 14.5. The van der Waals surface area contributed by atoms with Crippen molar-refractivity contribution in [1.29, 1.82) is 0 Å². The maximum Gasteiger partial charge on any atom is 0.244 e. The molecule has 1 aliphatic carbocycles. The second-order valence-electron chi connectivity index (χ2n) is 4.62. The van der Waals surface area contributed by atoms with Crippen molar-refractivity contribution in [2.24, 2.45) is 5.92 Å². The van der Waals surface area contributed by atoms with Crippen LogP contribution in [0.1, 0.15) is 18.4 Å².